The lowest BCUT2D eigenvalue weighted by Crippen LogP contribution is -2.45. The highest BCUT2D eigenvalue weighted by Gasteiger charge is 2.36. The summed E-state index contributed by atoms with van der Waals surface area (Å²) in [5, 5.41) is 8.74. The van der Waals surface area contributed by atoms with E-state index < -0.39 is 5.79 Å². The van der Waals surface area contributed by atoms with Gasteiger partial charge < -0.3 is 14.2 Å². The van der Waals surface area contributed by atoms with Crippen LogP contribution in [0, 0.1) is 11.3 Å². The second kappa shape index (κ2) is 7.46. The molecular formula is C14H23NO4. The van der Waals surface area contributed by atoms with Gasteiger partial charge in [0.1, 0.15) is 0 Å². The van der Waals surface area contributed by atoms with Gasteiger partial charge in [-0.3, -0.25) is 4.79 Å². The summed E-state index contributed by atoms with van der Waals surface area (Å²) in [5.74, 6) is -0.999. The average molecular weight is 269 g/mol. The van der Waals surface area contributed by atoms with E-state index in [1.165, 1.54) is 0 Å². The highest BCUT2D eigenvalue weighted by Crippen LogP contribution is 2.29. The number of nitriles is 1. The Kier molecular flexibility index (Phi) is 6.26. The maximum absolute atomic E-state index is 11.7. The van der Waals surface area contributed by atoms with Crippen LogP contribution in [-0.2, 0) is 19.0 Å². The van der Waals surface area contributed by atoms with Crippen LogP contribution in [0.1, 0.15) is 52.9 Å². The fraction of sp³-hybridized carbons (Fsp3) is 0.857. The van der Waals surface area contributed by atoms with Gasteiger partial charge in [0.25, 0.3) is 0 Å². The third-order valence-electron chi connectivity index (χ3n) is 2.90. The van der Waals surface area contributed by atoms with E-state index in [0.29, 0.717) is 19.4 Å². The number of unbranched alkanes of at least 4 members (excludes halogenated alkanes) is 1. The molecule has 0 aromatic heterocycles. The van der Waals surface area contributed by atoms with Crippen molar-refractivity contribution < 1.29 is 19.0 Å². The predicted molar refractivity (Wildman–Crippen MR) is 69.2 cm³/mol. The summed E-state index contributed by atoms with van der Waals surface area (Å²) in [6, 6.07) is 2.09. The first kappa shape index (κ1) is 15.9. The summed E-state index contributed by atoms with van der Waals surface area (Å²) in [6.07, 6.45) is 2.55. The number of hydrogen-bond acceptors (Lipinski definition) is 5. The average Bonchev–Trinajstić information content (AvgIpc) is 2.27. The highest BCUT2D eigenvalue weighted by molar-refractivity contribution is 5.69. The van der Waals surface area contributed by atoms with E-state index in [9.17, 15) is 4.79 Å². The molecule has 0 spiro atoms. The lowest BCUT2D eigenvalue weighted by Gasteiger charge is -2.39. The molecule has 0 aromatic carbocycles. The first-order valence-electron chi connectivity index (χ1n) is 6.85. The molecule has 0 radical (unpaired) electrons. The number of carbonyl (C=O) groups is 1. The lowest BCUT2D eigenvalue weighted by atomic mass is 10.0. The van der Waals surface area contributed by atoms with Crippen LogP contribution in [0.4, 0.5) is 0 Å². The number of nitrogens with zero attached hydrogens (tertiary/aromatic N) is 1. The van der Waals surface area contributed by atoms with Gasteiger partial charge in [-0.2, -0.15) is 5.26 Å². The summed E-state index contributed by atoms with van der Waals surface area (Å²) in [4.78, 5) is 11.7. The molecule has 0 saturated carbocycles. The van der Waals surface area contributed by atoms with Crippen molar-refractivity contribution in [3.8, 4) is 6.07 Å². The molecule has 5 heteroatoms. The summed E-state index contributed by atoms with van der Waals surface area (Å²) < 4.78 is 16.4. The minimum atomic E-state index is -0.756. The van der Waals surface area contributed by atoms with Crippen molar-refractivity contribution in [1.29, 1.82) is 5.26 Å². The zero-order valence-corrected chi connectivity index (χ0v) is 12.0. The minimum absolute atomic E-state index is 0.179. The van der Waals surface area contributed by atoms with Crippen LogP contribution < -0.4 is 0 Å². The van der Waals surface area contributed by atoms with Crippen LogP contribution in [0.25, 0.3) is 0 Å². The van der Waals surface area contributed by atoms with Crippen molar-refractivity contribution in [3.05, 3.63) is 0 Å². The van der Waals surface area contributed by atoms with Gasteiger partial charge in [0.15, 0.2) is 5.79 Å². The second-order valence-electron chi connectivity index (χ2n) is 5.26. The van der Waals surface area contributed by atoms with Gasteiger partial charge in [-0.05, 0) is 20.3 Å². The fourth-order valence-corrected chi connectivity index (χ4v) is 2.15. The van der Waals surface area contributed by atoms with Gasteiger partial charge in [-0.15, -0.1) is 0 Å². The first-order chi connectivity index (χ1) is 8.96. The number of carbonyl (C=O) groups excluding carboxylic acids is 1. The molecule has 5 nitrogen and oxygen atoms in total. The quantitative estimate of drug-likeness (QED) is 0.547. The van der Waals surface area contributed by atoms with E-state index in [2.05, 4.69) is 6.07 Å². The summed E-state index contributed by atoms with van der Waals surface area (Å²) in [5.41, 5.74) is 0. The smallest absolute Gasteiger partial charge is 0.308 e. The molecule has 0 aliphatic carbocycles. The van der Waals surface area contributed by atoms with Gasteiger partial charge in [0.05, 0.1) is 37.7 Å². The van der Waals surface area contributed by atoms with Crippen LogP contribution >= 0.6 is 0 Å². The molecule has 1 rings (SSSR count). The molecule has 0 aromatic rings. The Morgan fingerprint density at radius 1 is 1.42 bits per heavy atom. The van der Waals surface area contributed by atoms with Crippen molar-refractivity contribution in [3.63, 3.8) is 0 Å². The van der Waals surface area contributed by atoms with E-state index in [-0.39, 0.29) is 24.6 Å². The molecule has 1 saturated heterocycles. The van der Waals surface area contributed by atoms with E-state index in [4.69, 9.17) is 19.5 Å². The number of hydrogen-bond donors (Lipinski definition) is 0. The Hall–Kier alpha value is -1.12. The molecule has 1 aliphatic rings. The topological polar surface area (TPSA) is 68.6 Å². The summed E-state index contributed by atoms with van der Waals surface area (Å²) >= 11 is 0. The minimum Gasteiger partial charge on any atom is -0.466 e. The first-order valence-corrected chi connectivity index (χ1v) is 6.85. The van der Waals surface area contributed by atoms with E-state index in [1.807, 2.05) is 6.92 Å². The van der Waals surface area contributed by atoms with Crippen molar-refractivity contribution in [2.45, 2.75) is 70.9 Å². The Morgan fingerprint density at radius 2 is 2.11 bits per heavy atom. The fourth-order valence-electron chi connectivity index (χ4n) is 2.15. The number of esters is 1. The van der Waals surface area contributed by atoms with E-state index >= 15 is 0 Å². The molecule has 0 bridgehead atoms. The van der Waals surface area contributed by atoms with Crippen molar-refractivity contribution in [2.24, 2.45) is 0 Å². The molecule has 0 amide bonds. The SMILES string of the molecule is CCCCOC(=O)C[C@H]1C[C@@H](CC#N)OC(C)(C)O1. The van der Waals surface area contributed by atoms with Gasteiger partial charge in [0.2, 0.25) is 0 Å². The standard InChI is InChI=1S/C14H23NO4/c1-4-5-8-17-13(16)10-12-9-11(6-7-15)18-14(2,3)19-12/h11-12H,4-6,8-10H2,1-3H3/t11-,12-/m1/s1. The predicted octanol–water partition coefficient (Wildman–Crippen LogP) is 2.54. The maximum atomic E-state index is 11.7. The lowest BCUT2D eigenvalue weighted by molar-refractivity contribution is -0.298. The van der Waals surface area contributed by atoms with Crippen molar-refractivity contribution in [1.82, 2.24) is 0 Å². The Labute approximate surface area is 114 Å². The van der Waals surface area contributed by atoms with Crippen molar-refractivity contribution in [2.75, 3.05) is 6.61 Å². The molecule has 108 valence electrons. The van der Waals surface area contributed by atoms with Crippen LogP contribution in [0.5, 0.6) is 0 Å². The zero-order chi connectivity index (χ0) is 14.3. The number of ether oxygens (including phenoxy) is 3. The molecule has 0 unspecified atom stereocenters. The highest BCUT2D eigenvalue weighted by atomic mass is 16.7. The van der Waals surface area contributed by atoms with Crippen LogP contribution in [0.3, 0.4) is 0 Å². The summed E-state index contributed by atoms with van der Waals surface area (Å²) in [6.45, 7) is 6.10. The summed E-state index contributed by atoms with van der Waals surface area (Å²) in [7, 11) is 0. The zero-order valence-electron chi connectivity index (χ0n) is 12.0. The molecule has 19 heavy (non-hydrogen) atoms. The Balaban J connectivity index is 2.43. The van der Waals surface area contributed by atoms with E-state index in [0.717, 1.165) is 12.8 Å². The molecule has 0 N–H and O–H groups in total. The Morgan fingerprint density at radius 3 is 2.74 bits per heavy atom. The van der Waals surface area contributed by atoms with Crippen molar-refractivity contribution >= 4 is 5.97 Å². The molecular weight excluding hydrogens is 246 g/mol. The van der Waals surface area contributed by atoms with Crippen LogP contribution in [0.15, 0.2) is 0 Å². The molecule has 1 aliphatic heterocycles. The van der Waals surface area contributed by atoms with Gasteiger partial charge in [0, 0.05) is 6.42 Å². The molecule has 2 atom stereocenters. The monoisotopic (exact) mass is 269 g/mol. The molecule has 1 heterocycles. The normalized spacial score (nSPS) is 25.6. The van der Waals surface area contributed by atoms with E-state index in [1.54, 1.807) is 13.8 Å². The third kappa shape index (κ3) is 6.04. The third-order valence-corrected chi connectivity index (χ3v) is 2.90. The Bertz CT molecular complexity index is 335. The van der Waals surface area contributed by atoms with Gasteiger partial charge in [-0.1, -0.05) is 13.3 Å². The maximum Gasteiger partial charge on any atom is 0.308 e. The second-order valence-corrected chi connectivity index (χ2v) is 5.26. The molecule has 1 fully saturated rings. The van der Waals surface area contributed by atoms with Crippen LogP contribution in [0.2, 0.25) is 0 Å². The van der Waals surface area contributed by atoms with Gasteiger partial charge in [-0.25, -0.2) is 0 Å². The largest absolute Gasteiger partial charge is 0.466 e. The van der Waals surface area contributed by atoms with Crippen LogP contribution in [-0.4, -0.2) is 30.6 Å². The van der Waals surface area contributed by atoms with Gasteiger partial charge >= 0.3 is 5.97 Å². The number of rotatable bonds is 6.